The van der Waals surface area contributed by atoms with E-state index >= 15 is 0 Å². The fourth-order valence-corrected chi connectivity index (χ4v) is 6.10. The number of aryl methyl sites for hydroxylation is 1. The second-order valence-corrected chi connectivity index (χ2v) is 10.4. The third-order valence-electron chi connectivity index (χ3n) is 6.08. The van der Waals surface area contributed by atoms with Crippen molar-refractivity contribution in [2.45, 2.75) is 38.1 Å². The highest BCUT2D eigenvalue weighted by atomic mass is 32.2. The smallest absolute Gasteiger partial charge is 0.268 e. The summed E-state index contributed by atoms with van der Waals surface area (Å²) in [6.45, 7) is 5.80. The molecule has 0 aromatic heterocycles. The molecule has 0 bridgehead atoms. The number of carbonyl (C=O) groups excluding carboxylic acids is 1. The van der Waals surface area contributed by atoms with E-state index in [2.05, 4.69) is 0 Å². The van der Waals surface area contributed by atoms with E-state index in [-0.39, 0.29) is 29.1 Å². The molecule has 0 N–H and O–H groups in total. The average molecular weight is 495 g/mol. The zero-order valence-corrected chi connectivity index (χ0v) is 21.2. The van der Waals surface area contributed by atoms with Crippen LogP contribution in [0.5, 0.6) is 11.5 Å². The van der Waals surface area contributed by atoms with Gasteiger partial charge < -0.3 is 14.4 Å². The summed E-state index contributed by atoms with van der Waals surface area (Å²) in [6.07, 6.45) is 0.726. The van der Waals surface area contributed by atoms with Crippen LogP contribution in [0.3, 0.4) is 0 Å². The number of rotatable bonds is 8. The molecule has 1 amide bonds. The molecular formula is C27H30N2O5S. The van der Waals surface area contributed by atoms with Crippen molar-refractivity contribution >= 4 is 27.3 Å². The van der Waals surface area contributed by atoms with E-state index in [1.165, 1.54) is 7.11 Å². The van der Waals surface area contributed by atoms with E-state index < -0.39 is 10.0 Å². The van der Waals surface area contributed by atoms with Crippen LogP contribution in [0, 0.1) is 6.92 Å². The Hall–Kier alpha value is -3.52. The van der Waals surface area contributed by atoms with Crippen molar-refractivity contribution in [3.8, 4) is 11.5 Å². The highest BCUT2D eigenvalue weighted by molar-refractivity contribution is 7.93. The van der Waals surface area contributed by atoms with Gasteiger partial charge in [-0.25, -0.2) is 8.42 Å². The predicted molar refractivity (Wildman–Crippen MR) is 137 cm³/mol. The van der Waals surface area contributed by atoms with Crippen molar-refractivity contribution < 1.29 is 22.7 Å². The van der Waals surface area contributed by atoms with Gasteiger partial charge in [-0.2, -0.15) is 0 Å². The summed E-state index contributed by atoms with van der Waals surface area (Å²) in [6, 6.07) is 19.3. The second kappa shape index (κ2) is 10.00. The Bertz CT molecular complexity index is 1320. The number of benzene rings is 3. The number of amides is 1. The van der Waals surface area contributed by atoms with Gasteiger partial charge in [-0.1, -0.05) is 24.3 Å². The molecule has 35 heavy (non-hydrogen) atoms. The summed E-state index contributed by atoms with van der Waals surface area (Å²) in [4.78, 5) is 15.3. The third kappa shape index (κ3) is 4.84. The van der Waals surface area contributed by atoms with Crippen LogP contribution in [-0.2, 0) is 21.2 Å². The van der Waals surface area contributed by atoms with Crippen molar-refractivity contribution in [1.29, 1.82) is 0 Å². The molecule has 1 aliphatic heterocycles. The number of ether oxygens (including phenoxy) is 2. The molecule has 3 aromatic carbocycles. The van der Waals surface area contributed by atoms with Crippen molar-refractivity contribution in [3.05, 3.63) is 77.9 Å². The minimum atomic E-state index is -4.14. The standard InChI is InChI=1S/C27H30N2O5S/c1-5-34-23-13-11-22(12-14-23)28(35(31,32)26-16-19(2)10-15-25(26)33-4)18-27(30)29-20(3)17-21-8-6-7-9-24(21)29/h6-16,20H,5,17-18H2,1-4H3/t20-/m0/s1. The van der Waals surface area contributed by atoms with Crippen molar-refractivity contribution in [3.63, 3.8) is 0 Å². The Balaban J connectivity index is 1.77. The van der Waals surface area contributed by atoms with E-state index in [1.807, 2.05) is 45.0 Å². The van der Waals surface area contributed by atoms with Gasteiger partial charge in [-0.3, -0.25) is 9.10 Å². The second-order valence-electron chi connectivity index (χ2n) is 8.54. The van der Waals surface area contributed by atoms with Crippen LogP contribution in [0.4, 0.5) is 11.4 Å². The first-order valence-corrected chi connectivity index (χ1v) is 13.0. The maximum atomic E-state index is 14.0. The number of hydrogen-bond donors (Lipinski definition) is 0. The van der Waals surface area contributed by atoms with Crippen LogP contribution in [-0.4, -0.2) is 40.6 Å². The van der Waals surface area contributed by atoms with Gasteiger partial charge in [0, 0.05) is 11.7 Å². The highest BCUT2D eigenvalue weighted by Crippen LogP contribution is 2.35. The lowest BCUT2D eigenvalue weighted by Crippen LogP contribution is -2.45. The Morgan fingerprint density at radius 3 is 2.49 bits per heavy atom. The monoisotopic (exact) mass is 494 g/mol. The molecule has 0 fully saturated rings. The third-order valence-corrected chi connectivity index (χ3v) is 7.87. The predicted octanol–water partition coefficient (Wildman–Crippen LogP) is 4.58. The van der Waals surface area contributed by atoms with Gasteiger partial charge in [0.15, 0.2) is 0 Å². The summed E-state index contributed by atoms with van der Waals surface area (Å²) in [5.41, 5.74) is 3.03. The highest BCUT2D eigenvalue weighted by Gasteiger charge is 2.35. The van der Waals surface area contributed by atoms with Gasteiger partial charge in [0.25, 0.3) is 10.0 Å². The molecule has 1 atom stereocenters. The topological polar surface area (TPSA) is 76.2 Å². The molecule has 0 aliphatic carbocycles. The van der Waals surface area contributed by atoms with E-state index in [9.17, 15) is 13.2 Å². The summed E-state index contributed by atoms with van der Waals surface area (Å²) >= 11 is 0. The van der Waals surface area contributed by atoms with Crippen molar-refractivity contribution in [2.24, 2.45) is 0 Å². The lowest BCUT2D eigenvalue weighted by molar-refractivity contribution is -0.117. The number of hydrogen-bond acceptors (Lipinski definition) is 5. The molecule has 0 saturated carbocycles. The van der Waals surface area contributed by atoms with Gasteiger partial charge in [-0.15, -0.1) is 0 Å². The van der Waals surface area contributed by atoms with E-state index in [0.717, 1.165) is 27.5 Å². The van der Waals surface area contributed by atoms with Crippen LogP contribution < -0.4 is 18.7 Å². The minimum Gasteiger partial charge on any atom is -0.495 e. The summed E-state index contributed by atoms with van der Waals surface area (Å²) in [7, 11) is -2.71. The molecule has 8 heteroatoms. The number of methoxy groups -OCH3 is 1. The zero-order chi connectivity index (χ0) is 25.2. The summed E-state index contributed by atoms with van der Waals surface area (Å²) in [5, 5.41) is 0. The van der Waals surface area contributed by atoms with Gasteiger partial charge in [0.2, 0.25) is 5.91 Å². The fourth-order valence-electron chi connectivity index (χ4n) is 4.44. The molecule has 1 heterocycles. The maximum Gasteiger partial charge on any atom is 0.268 e. The number of para-hydroxylation sites is 1. The average Bonchev–Trinajstić information content (AvgIpc) is 3.19. The maximum absolute atomic E-state index is 14.0. The van der Waals surface area contributed by atoms with Crippen LogP contribution >= 0.6 is 0 Å². The SMILES string of the molecule is CCOc1ccc(N(CC(=O)N2c3ccccc3C[C@@H]2C)S(=O)(=O)c2cc(C)ccc2OC)cc1. The Labute approximate surface area is 206 Å². The van der Waals surface area contributed by atoms with Crippen molar-refractivity contribution in [2.75, 3.05) is 29.5 Å². The molecule has 0 spiro atoms. The first-order chi connectivity index (χ1) is 16.8. The Morgan fingerprint density at radius 1 is 1.09 bits per heavy atom. The molecule has 184 valence electrons. The van der Waals surface area contributed by atoms with Gasteiger partial charge in [0.05, 0.1) is 19.4 Å². The molecule has 4 rings (SSSR count). The van der Waals surface area contributed by atoms with E-state index in [4.69, 9.17) is 9.47 Å². The molecule has 0 saturated heterocycles. The van der Waals surface area contributed by atoms with Gasteiger partial charge >= 0.3 is 0 Å². The Kier molecular flexibility index (Phi) is 7.03. The number of anilines is 2. The molecular weight excluding hydrogens is 464 g/mol. The number of nitrogens with zero attached hydrogens (tertiary/aromatic N) is 2. The van der Waals surface area contributed by atoms with Crippen LogP contribution in [0.2, 0.25) is 0 Å². The molecule has 0 radical (unpaired) electrons. The largest absolute Gasteiger partial charge is 0.495 e. The molecule has 0 unspecified atom stereocenters. The minimum absolute atomic E-state index is 0.0107. The van der Waals surface area contributed by atoms with Crippen LogP contribution in [0.1, 0.15) is 25.0 Å². The Morgan fingerprint density at radius 2 is 1.80 bits per heavy atom. The molecule has 1 aliphatic rings. The van der Waals surface area contributed by atoms with Gasteiger partial charge in [0.1, 0.15) is 22.9 Å². The van der Waals surface area contributed by atoms with Crippen LogP contribution in [0.25, 0.3) is 0 Å². The van der Waals surface area contributed by atoms with E-state index in [0.29, 0.717) is 18.0 Å². The first kappa shape index (κ1) is 24.6. The van der Waals surface area contributed by atoms with Crippen LogP contribution in [0.15, 0.2) is 71.6 Å². The first-order valence-electron chi connectivity index (χ1n) is 11.6. The van der Waals surface area contributed by atoms with Gasteiger partial charge in [-0.05, 0) is 80.8 Å². The lowest BCUT2D eigenvalue weighted by Gasteiger charge is -2.29. The zero-order valence-electron chi connectivity index (χ0n) is 20.4. The van der Waals surface area contributed by atoms with Crippen molar-refractivity contribution in [1.82, 2.24) is 0 Å². The quantitative estimate of drug-likeness (QED) is 0.458. The normalized spacial score (nSPS) is 15.0. The summed E-state index contributed by atoms with van der Waals surface area (Å²) in [5.74, 6) is 0.542. The molecule has 7 nitrogen and oxygen atoms in total. The molecule has 3 aromatic rings. The number of fused-ring (bicyclic) bond motifs is 1. The lowest BCUT2D eigenvalue weighted by atomic mass is 10.1. The summed E-state index contributed by atoms with van der Waals surface area (Å²) < 4.78 is 40.0. The fraction of sp³-hybridized carbons (Fsp3) is 0.296. The number of sulfonamides is 1. The number of carbonyl (C=O) groups is 1. The van der Waals surface area contributed by atoms with E-state index in [1.54, 1.807) is 47.4 Å².